The van der Waals surface area contributed by atoms with Crippen molar-refractivity contribution in [3.63, 3.8) is 0 Å². The molecule has 1 aromatic carbocycles. The highest BCUT2D eigenvalue weighted by Crippen LogP contribution is 2.35. The molecule has 1 fully saturated rings. The van der Waals surface area contributed by atoms with E-state index in [4.69, 9.17) is 10.5 Å². The lowest BCUT2D eigenvalue weighted by molar-refractivity contribution is 0.101. The molecule has 1 aliphatic rings. The lowest BCUT2D eigenvalue weighted by Gasteiger charge is -2.32. The number of hydrogen-bond acceptors (Lipinski definition) is 3. The Hall–Kier alpha value is -1.38. The van der Waals surface area contributed by atoms with E-state index in [1.807, 2.05) is 6.07 Å². The summed E-state index contributed by atoms with van der Waals surface area (Å²) in [5.74, 6) is 2.17. The molecule has 0 radical (unpaired) electrons. The summed E-state index contributed by atoms with van der Waals surface area (Å²) in [5.41, 5.74) is 6.13. The van der Waals surface area contributed by atoms with Crippen molar-refractivity contribution in [1.29, 1.82) is 0 Å². The summed E-state index contributed by atoms with van der Waals surface area (Å²) in [6, 6.07) is 5.15. The molecule has 1 saturated carbocycles. The van der Waals surface area contributed by atoms with Crippen LogP contribution in [0.25, 0.3) is 0 Å². The predicted molar refractivity (Wildman–Crippen MR) is 69.1 cm³/mol. The minimum absolute atomic E-state index is 0.0970. The topological polar surface area (TPSA) is 55.5 Å². The molecule has 3 heteroatoms. The van der Waals surface area contributed by atoms with Gasteiger partial charge in [0.25, 0.3) is 0 Å². The van der Waals surface area contributed by atoms with Crippen LogP contribution in [0.2, 0.25) is 0 Å². The van der Waals surface area contributed by atoms with Gasteiger partial charge >= 0.3 is 0 Å². The highest BCUT2D eigenvalue weighted by Gasteiger charge is 2.26. The molecule has 3 N–H and O–H groups in total. The van der Waals surface area contributed by atoms with Crippen LogP contribution in [0.15, 0.2) is 18.2 Å². The molecule has 3 atom stereocenters. The molecule has 0 aliphatic heterocycles. The molecule has 3 nitrogen and oxygen atoms in total. The maximum absolute atomic E-state index is 9.52. The van der Waals surface area contributed by atoms with Crippen LogP contribution >= 0.6 is 0 Å². The van der Waals surface area contributed by atoms with Crippen molar-refractivity contribution >= 4 is 5.69 Å². The molecule has 1 aliphatic carbocycles. The molecule has 3 unspecified atom stereocenters. The van der Waals surface area contributed by atoms with Gasteiger partial charge in [0, 0.05) is 0 Å². The van der Waals surface area contributed by atoms with E-state index < -0.39 is 0 Å². The van der Waals surface area contributed by atoms with Gasteiger partial charge in [-0.05, 0) is 43.2 Å². The van der Waals surface area contributed by atoms with E-state index >= 15 is 0 Å². The van der Waals surface area contributed by atoms with Crippen molar-refractivity contribution in [2.75, 3.05) is 5.73 Å². The van der Waals surface area contributed by atoms with E-state index in [-0.39, 0.29) is 11.9 Å². The fraction of sp³-hybridized carbons (Fsp3) is 0.571. The Morgan fingerprint density at radius 1 is 1.24 bits per heavy atom. The summed E-state index contributed by atoms with van der Waals surface area (Å²) in [7, 11) is 0. The van der Waals surface area contributed by atoms with Crippen LogP contribution in [-0.2, 0) is 0 Å². The lowest BCUT2D eigenvalue weighted by atomic mass is 9.80. The van der Waals surface area contributed by atoms with Crippen LogP contribution in [0.3, 0.4) is 0 Å². The van der Waals surface area contributed by atoms with Crippen molar-refractivity contribution in [2.45, 2.75) is 39.2 Å². The Kier molecular flexibility index (Phi) is 3.46. The van der Waals surface area contributed by atoms with Gasteiger partial charge in [-0.3, -0.25) is 0 Å². The molecular formula is C14H21NO2. The first-order valence-electron chi connectivity index (χ1n) is 6.32. The first-order valence-corrected chi connectivity index (χ1v) is 6.32. The molecule has 94 valence electrons. The number of anilines is 1. The number of rotatable bonds is 2. The lowest BCUT2D eigenvalue weighted by Crippen LogP contribution is -2.28. The van der Waals surface area contributed by atoms with Crippen LogP contribution in [-0.4, -0.2) is 11.2 Å². The van der Waals surface area contributed by atoms with Gasteiger partial charge in [-0.1, -0.05) is 19.9 Å². The Balaban J connectivity index is 2.04. The zero-order chi connectivity index (χ0) is 12.4. The van der Waals surface area contributed by atoms with E-state index in [1.165, 1.54) is 6.42 Å². The van der Waals surface area contributed by atoms with E-state index in [0.29, 0.717) is 17.4 Å². The third kappa shape index (κ3) is 2.65. The standard InChI is InChI=1S/C14H21NO2/c1-9-6-7-11(8-10(9)2)17-13-5-3-4-12(16)14(13)15/h3-5,9-11,16H,6-8,15H2,1-2H3. The molecular weight excluding hydrogens is 214 g/mol. The number of hydrogen-bond donors (Lipinski definition) is 2. The minimum atomic E-state index is 0.0970. The van der Waals surface area contributed by atoms with Gasteiger partial charge in [-0.15, -0.1) is 0 Å². The zero-order valence-corrected chi connectivity index (χ0v) is 10.5. The average molecular weight is 235 g/mol. The number of phenolic OH excluding ortho intramolecular Hbond substituents is 1. The van der Waals surface area contributed by atoms with Crippen LogP contribution in [0, 0.1) is 11.8 Å². The number of phenols is 1. The Labute approximate surface area is 103 Å². The van der Waals surface area contributed by atoms with Gasteiger partial charge in [-0.2, -0.15) is 0 Å². The Bertz CT molecular complexity index is 392. The number of ether oxygens (including phenoxy) is 1. The van der Waals surface area contributed by atoms with Crippen LogP contribution in [0.1, 0.15) is 33.1 Å². The highest BCUT2D eigenvalue weighted by molar-refractivity contribution is 5.61. The van der Waals surface area contributed by atoms with Gasteiger partial charge in [-0.25, -0.2) is 0 Å². The molecule has 0 spiro atoms. The average Bonchev–Trinajstić information content (AvgIpc) is 2.30. The quantitative estimate of drug-likeness (QED) is 0.611. The molecule has 0 saturated heterocycles. The summed E-state index contributed by atoms with van der Waals surface area (Å²) in [6.07, 6.45) is 3.56. The van der Waals surface area contributed by atoms with E-state index in [0.717, 1.165) is 18.8 Å². The molecule has 0 amide bonds. The number of nitrogens with two attached hydrogens (primary N) is 1. The van der Waals surface area contributed by atoms with Gasteiger partial charge in [0.2, 0.25) is 0 Å². The number of aromatic hydroxyl groups is 1. The predicted octanol–water partition coefficient (Wildman–Crippen LogP) is 3.18. The monoisotopic (exact) mass is 235 g/mol. The maximum Gasteiger partial charge on any atom is 0.146 e. The smallest absolute Gasteiger partial charge is 0.146 e. The van der Waals surface area contributed by atoms with Crippen molar-refractivity contribution < 1.29 is 9.84 Å². The number of nitrogen functional groups attached to an aromatic ring is 1. The highest BCUT2D eigenvalue weighted by atomic mass is 16.5. The second kappa shape index (κ2) is 4.86. The van der Waals surface area contributed by atoms with Gasteiger partial charge in [0.05, 0.1) is 6.10 Å². The minimum Gasteiger partial charge on any atom is -0.506 e. The maximum atomic E-state index is 9.52. The summed E-state index contributed by atoms with van der Waals surface area (Å²) < 4.78 is 5.90. The van der Waals surface area contributed by atoms with Crippen LogP contribution in [0.5, 0.6) is 11.5 Å². The van der Waals surface area contributed by atoms with Crippen LogP contribution in [0.4, 0.5) is 5.69 Å². The summed E-state index contributed by atoms with van der Waals surface area (Å²) in [4.78, 5) is 0. The van der Waals surface area contributed by atoms with Gasteiger partial charge in [0.15, 0.2) is 0 Å². The molecule has 0 aromatic heterocycles. The molecule has 0 bridgehead atoms. The first-order chi connectivity index (χ1) is 8.08. The molecule has 17 heavy (non-hydrogen) atoms. The fourth-order valence-electron chi connectivity index (χ4n) is 2.42. The third-order valence-electron chi connectivity index (χ3n) is 3.89. The van der Waals surface area contributed by atoms with Crippen molar-refractivity contribution in [1.82, 2.24) is 0 Å². The second-order valence-corrected chi connectivity index (χ2v) is 5.20. The van der Waals surface area contributed by atoms with E-state index in [9.17, 15) is 5.11 Å². The van der Waals surface area contributed by atoms with E-state index in [2.05, 4.69) is 13.8 Å². The summed E-state index contributed by atoms with van der Waals surface area (Å²) in [5, 5.41) is 9.52. The van der Waals surface area contributed by atoms with E-state index in [1.54, 1.807) is 12.1 Å². The van der Waals surface area contributed by atoms with Crippen molar-refractivity contribution in [2.24, 2.45) is 11.8 Å². The van der Waals surface area contributed by atoms with Crippen molar-refractivity contribution in [3.8, 4) is 11.5 Å². The summed E-state index contributed by atoms with van der Waals surface area (Å²) in [6.45, 7) is 4.57. The Morgan fingerprint density at radius 2 is 2.00 bits per heavy atom. The first kappa shape index (κ1) is 12.1. The third-order valence-corrected chi connectivity index (χ3v) is 3.89. The molecule has 1 aromatic rings. The fourth-order valence-corrected chi connectivity index (χ4v) is 2.42. The Morgan fingerprint density at radius 3 is 2.71 bits per heavy atom. The molecule has 2 rings (SSSR count). The molecule has 0 heterocycles. The second-order valence-electron chi connectivity index (χ2n) is 5.20. The van der Waals surface area contributed by atoms with Crippen LogP contribution < -0.4 is 10.5 Å². The van der Waals surface area contributed by atoms with Gasteiger partial charge in [0.1, 0.15) is 17.2 Å². The summed E-state index contributed by atoms with van der Waals surface area (Å²) >= 11 is 0. The normalized spacial score (nSPS) is 28.9. The van der Waals surface area contributed by atoms with Crippen molar-refractivity contribution in [3.05, 3.63) is 18.2 Å². The largest absolute Gasteiger partial charge is 0.506 e. The SMILES string of the molecule is CC1CCC(Oc2cccc(O)c2N)CC1C. The number of para-hydroxylation sites is 1. The zero-order valence-electron chi connectivity index (χ0n) is 10.5. The number of benzene rings is 1. The van der Waals surface area contributed by atoms with Gasteiger partial charge < -0.3 is 15.6 Å².